The molecule has 0 saturated carbocycles. The van der Waals surface area contributed by atoms with Crippen LogP contribution in [0.5, 0.6) is 0 Å². The van der Waals surface area contributed by atoms with E-state index in [4.69, 9.17) is 21.1 Å². The van der Waals surface area contributed by atoms with Gasteiger partial charge in [0, 0.05) is 5.02 Å². The van der Waals surface area contributed by atoms with Gasteiger partial charge >= 0.3 is 5.97 Å². The molecule has 0 N–H and O–H groups in total. The molecule has 0 saturated heterocycles. The minimum atomic E-state index is -0.634. The van der Waals surface area contributed by atoms with E-state index < -0.39 is 12.1 Å². The zero-order valence-electron chi connectivity index (χ0n) is 10.2. The highest BCUT2D eigenvalue weighted by Gasteiger charge is 2.35. The highest BCUT2D eigenvalue weighted by molar-refractivity contribution is 6.30. The third-order valence-corrected chi connectivity index (χ3v) is 3.02. The summed E-state index contributed by atoms with van der Waals surface area (Å²) in [6.45, 7) is 4.02. The SMILES string of the molecule is CCOC(=O)C1N=COC1c1ccc(Cl)cc1C. The zero-order valence-corrected chi connectivity index (χ0v) is 11.0. The van der Waals surface area contributed by atoms with Gasteiger partial charge in [-0.05, 0) is 37.1 Å². The van der Waals surface area contributed by atoms with Crippen LogP contribution >= 0.6 is 11.6 Å². The molecule has 1 aliphatic heterocycles. The molecule has 0 radical (unpaired) electrons. The molecule has 1 aromatic carbocycles. The largest absolute Gasteiger partial charge is 0.473 e. The van der Waals surface area contributed by atoms with Gasteiger partial charge in [-0.3, -0.25) is 0 Å². The number of benzene rings is 1. The highest BCUT2D eigenvalue weighted by Crippen LogP contribution is 2.31. The fraction of sp³-hybridized carbons (Fsp3) is 0.385. The fourth-order valence-electron chi connectivity index (χ4n) is 1.93. The number of esters is 1. The maximum atomic E-state index is 11.8. The molecule has 1 aromatic rings. The molecule has 0 aromatic heterocycles. The van der Waals surface area contributed by atoms with Crippen LogP contribution in [0.1, 0.15) is 24.2 Å². The second-order valence-corrected chi connectivity index (χ2v) is 4.45. The number of aliphatic imine (C=N–C) groups is 1. The van der Waals surface area contributed by atoms with Gasteiger partial charge in [-0.15, -0.1) is 0 Å². The van der Waals surface area contributed by atoms with E-state index >= 15 is 0 Å². The van der Waals surface area contributed by atoms with Crippen molar-refractivity contribution in [1.29, 1.82) is 0 Å². The zero-order chi connectivity index (χ0) is 13.1. The van der Waals surface area contributed by atoms with Crippen molar-refractivity contribution in [3.63, 3.8) is 0 Å². The van der Waals surface area contributed by atoms with Crippen molar-refractivity contribution in [3.8, 4) is 0 Å². The van der Waals surface area contributed by atoms with Gasteiger partial charge in [-0.2, -0.15) is 0 Å². The van der Waals surface area contributed by atoms with Crippen molar-refractivity contribution in [2.75, 3.05) is 6.61 Å². The second-order valence-electron chi connectivity index (χ2n) is 4.01. The monoisotopic (exact) mass is 267 g/mol. The minimum absolute atomic E-state index is 0.331. The predicted octanol–water partition coefficient (Wildman–Crippen LogP) is 2.68. The van der Waals surface area contributed by atoms with Crippen LogP contribution in [0.25, 0.3) is 0 Å². The summed E-state index contributed by atoms with van der Waals surface area (Å²) in [5, 5.41) is 0.655. The first-order valence-electron chi connectivity index (χ1n) is 5.73. The molecule has 0 bridgehead atoms. The Morgan fingerprint density at radius 2 is 2.33 bits per heavy atom. The van der Waals surface area contributed by atoms with Crippen molar-refractivity contribution >= 4 is 24.0 Å². The van der Waals surface area contributed by atoms with E-state index in [-0.39, 0.29) is 5.97 Å². The van der Waals surface area contributed by atoms with Crippen LogP contribution in [0.4, 0.5) is 0 Å². The van der Waals surface area contributed by atoms with Crippen molar-refractivity contribution in [1.82, 2.24) is 0 Å². The maximum Gasteiger partial charge on any atom is 0.335 e. The van der Waals surface area contributed by atoms with E-state index in [2.05, 4.69) is 4.99 Å². The van der Waals surface area contributed by atoms with Crippen molar-refractivity contribution < 1.29 is 14.3 Å². The lowest BCUT2D eigenvalue weighted by molar-refractivity contribution is -0.146. The molecule has 2 atom stereocenters. The molecule has 2 rings (SSSR count). The first-order chi connectivity index (χ1) is 8.63. The number of carbonyl (C=O) groups excluding carboxylic acids is 1. The van der Waals surface area contributed by atoms with Crippen LogP contribution in [0.15, 0.2) is 23.2 Å². The molecule has 1 heterocycles. The van der Waals surface area contributed by atoms with Crippen LogP contribution in [0.3, 0.4) is 0 Å². The average molecular weight is 268 g/mol. The van der Waals surface area contributed by atoms with Gasteiger partial charge < -0.3 is 9.47 Å². The lowest BCUT2D eigenvalue weighted by atomic mass is 9.98. The third kappa shape index (κ3) is 2.48. The third-order valence-electron chi connectivity index (χ3n) is 2.78. The topological polar surface area (TPSA) is 47.9 Å². The Morgan fingerprint density at radius 1 is 1.56 bits per heavy atom. The Kier molecular flexibility index (Phi) is 3.87. The lowest BCUT2D eigenvalue weighted by Crippen LogP contribution is -2.26. The number of aryl methyl sites for hydroxylation is 1. The lowest BCUT2D eigenvalue weighted by Gasteiger charge is -2.18. The summed E-state index contributed by atoms with van der Waals surface area (Å²) in [7, 11) is 0. The summed E-state index contributed by atoms with van der Waals surface area (Å²) < 4.78 is 10.4. The van der Waals surface area contributed by atoms with Gasteiger partial charge in [0.2, 0.25) is 0 Å². The average Bonchev–Trinajstić information content (AvgIpc) is 2.78. The number of nitrogens with zero attached hydrogens (tertiary/aromatic N) is 1. The van der Waals surface area contributed by atoms with E-state index in [0.717, 1.165) is 11.1 Å². The number of rotatable bonds is 3. The van der Waals surface area contributed by atoms with Crippen LogP contribution in [0, 0.1) is 6.92 Å². The maximum absolute atomic E-state index is 11.8. The van der Waals surface area contributed by atoms with Gasteiger partial charge in [0.15, 0.2) is 18.5 Å². The number of halogens is 1. The molecule has 5 heteroatoms. The summed E-state index contributed by atoms with van der Waals surface area (Å²) in [5.41, 5.74) is 1.86. The quantitative estimate of drug-likeness (QED) is 0.791. The summed E-state index contributed by atoms with van der Waals surface area (Å²) in [5.74, 6) is -0.370. The molecule has 2 unspecified atom stereocenters. The molecule has 0 aliphatic carbocycles. The fourth-order valence-corrected chi connectivity index (χ4v) is 2.16. The number of carbonyl (C=O) groups is 1. The Balaban J connectivity index is 2.24. The molecule has 0 fully saturated rings. The number of hydrogen-bond acceptors (Lipinski definition) is 4. The van der Waals surface area contributed by atoms with Crippen molar-refractivity contribution in [3.05, 3.63) is 34.3 Å². The summed E-state index contributed by atoms with van der Waals surface area (Å²) in [4.78, 5) is 15.8. The summed E-state index contributed by atoms with van der Waals surface area (Å²) in [6.07, 6.45) is 0.877. The molecular formula is C13H14ClNO3. The van der Waals surface area contributed by atoms with Crippen molar-refractivity contribution in [2.24, 2.45) is 4.99 Å². The number of ether oxygens (including phenoxy) is 2. The van der Waals surface area contributed by atoms with Crippen LogP contribution in [0.2, 0.25) is 5.02 Å². The van der Waals surface area contributed by atoms with Crippen molar-refractivity contribution in [2.45, 2.75) is 26.0 Å². The molecule has 96 valence electrons. The Bertz CT molecular complexity index is 487. The van der Waals surface area contributed by atoms with Gasteiger partial charge in [-0.1, -0.05) is 17.7 Å². The number of hydrogen-bond donors (Lipinski definition) is 0. The van der Waals surface area contributed by atoms with Crippen LogP contribution in [-0.4, -0.2) is 25.0 Å². The van der Waals surface area contributed by atoms with Crippen LogP contribution < -0.4 is 0 Å². The molecule has 0 amide bonds. The summed E-state index contributed by atoms with van der Waals surface area (Å²) in [6, 6.07) is 4.82. The van der Waals surface area contributed by atoms with Gasteiger partial charge in [-0.25, -0.2) is 9.79 Å². The normalized spacial score (nSPS) is 21.7. The molecular weight excluding hydrogens is 254 g/mol. The standard InChI is InChI=1S/C13H14ClNO3/c1-3-17-13(16)11-12(18-7-15-11)10-5-4-9(14)6-8(10)2/h4-7,11-12H,3H2,1-2H3. The molecule has 4 nitrogen and oxygen atoms in total. The van der Waals surface area contributed by atoms with E-state index in [9.17, 15) is 4.79 Å². The predicted molar refractivity (Wildman–Crippen MR) is 68.9 cm³/mol. The molecule has 18 heavy (non-hydrogen) atoms. The summed E-state index contributed by atoms with van der Waals surface area (Å²) >= 11 is 5.91. The first-order valence-corrected chi connectivity index (χ1v) is 6.11. The Morgan fingerprint density at radius 3 is 3.00 bits per heavy atom. The van der Waals surface area contributed by atoms with Gasteiger partial charge in [0.1, 0.15) is 0 Å². The van der Waals surface area contributed by atoms with E-state index in [1.807, 2.05) is 19.1 Å². The first kappa shape index (κ1) is 12.9. The Labute approximate surface area is 111 Å². The smallest absolute Gasteiger partial charge is 0.335 e. The minimum Gasteiger partial charge on any atom is -0.473 e. The van der Waals surface area contributed by atoms with E-state index in [0.29, 0.717) is 11.6 Å². The molecule has 0 spiro atoms. The van der Waals surface area contributed by atoms with E-state index in [1.54, 1.807) is 13.0 Å². The van der Waals surface area contributed by atoms with Gasteiger partial charge in [0.25, 0.3) is 0 Å². The van der Waals surface area contributed by atoms with Gasteiger partial charge in [0.05, 0.1) is 6.61 Å². The molecule has 1 aliphatic rings. The highest BCUT2D eigenvalue weighted by atomic mass is 35.5. The second kappa shape index (κ2) is 5.40. The Hall–Kier alpha value is -1.55. The van der Waals surface area contributed by atoms with E-state index in [1.165, 1.54) is 6.40 Å². The van der Waals surface area contributed by atoms with Crippen LogP contribution in [-0.2, 0) is 14.3 Å².